The molecule has 12 heteroatoms. The van der Waals surface area contributed by atoms with Gasteiger partial charge in [0.05, 0.1) is 11.2 Å². The van der Waals surface area contributed by atoms with E-state index in [4.69, 9.17) is 16.7 Å². The fourth-order valence-corrected chi connectivity index (χ4v) is 4.01. The molecule has 0 spiro atoms. The van der Waals surface area contributed by atoms with Crippen molar-refractivity contribution in [3.63, 3.8) is 0 Å². The third kappa shape index (κ3) is 8.98. The summed E-state index contributed by atoms with van der Waals surface area (Å²) in [6.07, 6.45) is 3.67. The van der Waals surface area contributed by atoms with Crippen LogP contribution in [0.5, 0.6) is 0 Å². The van der Waals surface area contributed by atoms with Gasteiger partial charge in [0.1, 0.15) is 0 Å². The molecule has 195 valence electrons. The number of amides is 1. The van der Waals surface area contributed by atoms with Crippen molar-refractivity contribution in [2.24, 2.45) is 11.5 Å². The molecule has 2 aliphatic rings. The summed E-state index contributed by atoms with van der Waals surface area (Å²) in [5.74, 6) is 0.156. The molecule has 2 aliphatic heterocycles. The molecule has 0 atom stereocenters. The molecule has 0 unspecified atom stereocenters. The van der Waals surface area contributed by atoms with E-state index >= 15 is 0 Å². The Labute approximate surface area is 237 Å². The Bertz CT molecular complexity index is 1010. The van der Waals surface area contributed by atoms with Gasteiger partial charge in [-0.2, -0.15) is 4.98 Å². The van der Waals surface area contributed by atoms with Gasteiger partial charge in [0.25, 0.3) is 0 Å². The van der Waals surface area contributed by atoms with E-state index in [0.29, 0.717) is 6.04 Å². The van der Waals surface area contributed by atoms with Crippen LogP contribution in [-0.2, 0) is 44.0 Å². The van der Waals surface area contributed by atoms with Crippen LogP contribution in [0.15, 0.2) is 41.3 Å². The number of nitrogens with two attached hydrogens (primary N) is 2. The number of piperazine rings is 1. The Balaban J connectivity index is 0.000000299. The van der Waals surface area contributed by atoms with E-state index in [9.17, 15) is 9.59 Å². The minimum absolute atomic E-state index is 0. The summed E-state index contributed by atoms with van der Waals surface area (Å²) < 4.78 is 1.44. The maximum Gasteiger partial charge on any atom is 0.354 e. The van der Waals surface area contributed by atoms with Crippen molar-refractivity contribution in [3.8, 4) is 5.69 Å². The minimum Gasteiger partial charge on any atom is -0.659 e. The number of nitrogens with one attached hydrogen (secondary N) is 1. The summed E-state index contributed by atoms with van der Waals surface area (Å²) >= 11 is 0. The molecule has 1 aromatic heterocycles. The van der Waals surface area contributed by atoms with Crippen molar-refractivity contribution >= 4 is 11.7 Å². The van der Waals surface area contributed by atoms with Crippen LogP contribution in [0.1, 0.15) is 32.3 Å². The van der Waals surface area contributed by atoms with Gasteiger partial charge in [-0.1, -0.05) is 12.1 Å². The van der Waals surface area contributed by atoms with Gasteiger partial charge < -0.3 is 21.7 Å². The second-order valence-corrected chi connectivity index (χ2v) is 9.54. The van der Waals surface area contributed by atoms with Crippen molar-refractivity contribution in [2.45, 2.75) is 44.8 Å². The summed E-state index contributed by atoms with van der Waals surface area (Å²) in [6, 6.07) is 9.72. The zero-order valence-corrected chi connectivity index (χ0v) is 24.0. The molecule has 11 nitrogen and oxygen atoms in total. The number of nitrogens with zero attached hydrogens (tertiary/aromatic N) is 5. The summed E-state index contributed by atoms with van der Waals surface area (Å²) in [5, 5.41) is 12.9. The van der Waals surface area contributed by atoms with Crippen LogP contribution in [0.25, 0.3) is 11.0 Å². The molecule has 1 radical (unpaired) electrons. The Kier molecular flexibility index (Phi) is 12.1. The molecule has 0 bridgehead atoms. The number of hydrogen-bond donors (Lipinski definition) is 4. The first-order chi connectivity index (χ1) is 16.7. The van der Waals surface area contributed by atoms with E-state index in [0.717, 1.165) is 64.3 Å². The number of piperidine rings is 1. The van der Waals surface area contributed by atoms with Crippen LogP contribution in [0.2, 0.25) is 0 Å². The number of carbonyl (C=O) groups excluding carboxylic acids is 1. The summed E-state index contributed by atoms with van der Waals surface area (Å²) in [4.78, 5) is 31.4. The molecular weight excluding hydrogens is 537 g/mol. The van der Waals surface area contributed by atoms with Crippen molar-refractivity contribution in [2.75, 3.05) is 44.7 Å². The molecule has 36 heavy (non-hydrogen) atoms. The quantitative estimate of drug-likeness (QED) is 0.384. The van der Waals surface area contributed by atoms with Crippen molar-refractivity contribution in [1.82, 2.24) is 19.4 Å². The van der Waals surface area contributed by atoms with Crippen LogP contribution in [0, 0.1) is 0 Å². The Morgan fingerprint density at radius 2 is 1.75 bits per heavy atom. The molecule has 1 amide bonds. The number of carbonyl (C=O) groups is 1. The second kappa shape index (κ2) is 14.3. The van der Waals surface area contributed by atoms with Crippen LogP contribution in [0.3, 0.4) is 0 Å². The fourth-order valence-electron chi connectivity index (χ4n) is 4.01. The summed E-state index contributed by atoms with van der Waals surface area (Å²) in [5.41, 5.74) is 14.3. The van der Waals surface area contributed by atoms with Crippen molar-refractivity contribution in [1.29, 1.82) is 0 Å². The third-order valence-electron chi connectivity index (χ3n) is 6.07. The van der Waals surface area contributed by atoms with E-state index in [1.807, 2.05) is 29.7 Å². The van der Waals surface area contributed by atoms with Gasteiger partial charge in [0.2, 0.25) is 5.91 Å². The second-order valence-electron chi connectivity index (χ2n) is 9.54. The largest absolute Gasteiger partial charge is 0.659 e. The molecule has 2 aromatic rings. The topological polar surface area (TPSA) is 157 Å². The fraction of sp³-hybridized carbons (Fsp3) is 0.542. The van der Waals surface area contributed by atoms with Crippen molar-refractivity contribution in [3.05, 3.63) is 57.9 Å². The monoisotopic (exact) mass is 574 g/mol. The molecular formula is C24H37N8O3Y-. The molecule has 0 aliphatic carbocycles. The number of aromatic nitrogens is 2. The van der Waals surface area contributed by atoms with Crippen LogP contribution in [0.4, 0.5) is 5.82 Å². The molecule has 3 heterocycles. The molecule has 6 N–H and O–H groups in total. The zero-order valence-electron chi connectivity index (χ0n) is 21.1. The van der Waals surface area contributed by atoms with Gasteiger partial charge >= 0.3 is 5.69 Å². The van der Waals surface area contributed by atoms with Gasteiger partial charge in [-0.3, -0.25) is 24.9 Å². The Morgan fingerprint density at radius 1 is 1.14 bits per heavy atom. The first kappa shape index (κ1) is 30.5. The van der Waals surface area contributed by atoms with Gasteiger partial charge in [0.15, 0.2) is 5.82 Å². The molecule has 1 aromatic carbocycles. The van der Waals surface area contributed by atoms with Crippen molar-refractivity contribution < 1.29 is 42.7 Å². The summed E-state index contributed by atoms with van der Waals surface area (Å²) in [7, 11) is 0. The number of anilines is 1. The van der Waals surface area contributed by atoms with Crippen LogP contribution in [-0.4, -0.2) is 81.3 Å². The maximum atomic E-state index is 11.9. The minimum atomic E-state index is -0.739. The first-order valence-corrected chi connectivity index (χ1v) is 12.0. The molecule has 0 saturated carbocycles. The molecule has 2 fully saturated rings. The Hall–Kier alpha value is -1.73. The van der Waals surface area contributed by atoms with E-state index in [2.05, 4.69) is 15.2 Å². The predicted octanol–water partition coefficient (Wildman–Crippen LogP) is 0.894. The van der Waals surface area contributed by atoms with Gasteiger partial charge in [-0.15, -0.1) is 13.1 Å². The van der Waals surface area contributed by atoms with Crippen LogP contribution < -0.4 is 22.6 Å². The average molecular weight is 575 g/mol. The van der Waals surface area contributed by atoms with Gasteiger partial charge in [-0.05, 0) is 63.5 Å². The van der Waals surface area contributed by atoms with Gasteiger partial charge in [-0.25, -0.2) is 4.79 Å². The number of likely N-dealkylation sites (tertiary alicyclic amines) is 1. The predicted molar refractivity (Wildman–Crippen MR) is 136 cm³/mol. The SMILES string of the molecule is CC(C)(N)C(=O)N1CC[N-]CC1.NC1CCN(Cc2ccc(-n3ccc(NO)nc3=O)cc2)CC1.[Y]. The number of benzene rings is 1. The molecule has 4 rings (SSSR count). The average Bonchev–Trinajstić information content (AvgIpc) is 2.86. The third-order valence-corrected chi connectivity index (χ3v) is 6.07. The smallest absolute Gasteiger partial charge is 0.354 e. The standard InChI is InChI=1S/C16H21N5O2.C8H16N3O.Y/c17-13-5-8-20(9-6-13)11-12-1-3-14(4-2-12)21-10-7-15(19-23)18-16(21)22;1-8(2,9)7(12)11-5-3-10-4-6-11;/h1-4,7,10,13,23H,5-6,8-9,11,17H2,(H,18,19,22);3-6,9H2,1-2H3;/q;-1;. The number of hydrogen-bond acceptors (Lipinski definition) is 8. The summed E-state index contributed by atoms with van der Waals surface area (Å²) in [6.45, 7) is 9.38. The van der Waals surface area contributed by atoms with Gasteiger partial charge in [0, 0.05) is 64.6 Å². The van der Waals surface area contributed by atoms with E-state index in [1.54, 1.807) is 24.9 Å². The number of rotatable bonds is 5. The van der Waals surface area contributed by atoms with E-state index in [1.165, 1.54) is 16.2 Å². The van der Waals surface area contributed by atoms with Crippen LogP contribution >= 0.6 is 0 Å². The Morgan fingerprint density at radius 3 is 2.28 bits per heavy atom. The van der Waals surface area contributed by atoms with E-state index < -0.39 is 11.2 Å². The maximum absolute atomic E-state index is 11.9. The molecule has 2 saturated heterocycles. The normalized spacial score (nSPS) is 17.0. The first-order valence-electron chi connectivity index (χ1n) is 12.0. The van der Waals surface area contributed by atoms with E-state index in [-0.39, 0.29) is 44.4 Å². The zero-order chi connectivity index (χ0) is 25.4.